The summed E-state index contributed by atoms with van der Waals surface area (Å²) in [6.07, 6.45) is 0.250. The summed E-state index contributed by atoms with van der Waals surface area (Å²) in [7, 11) is 3.92. The van der Waals surface area contributed by atoms with E-state index >= 15 is 0 Å². The summed E-state index contributed by atoms with van der Waals surface area (Å²) in [5.41, 5.74) is 12.7. The van der Waals surface area contributed by atoms with Gasteiger partial charge < -0.3 is 57.0 Å². The second-order valence-electron chi connectivity index (χ2n) is 25.6. The van der Waals surface area contributed by atoms with Crippen molar-refractivity contribution in [3.05, 3.63) is 294 Å². The van der Waals surface area contributed by atoms with E-state index in [-0.39, 0.29) is 129 Å². The molecule has 29 heteroatoms. The Morgan fingerprint density at radius 3 is 0.852 bits per heavy atom. The third-order valence-electron chi connectivity index (χ3n) is 16.6. The number of carboxylic acid groups (broad SMARTS) is 4. The summed E-state index contributed by atoms with van der Waals surface area (Å²) in [5.74, 6) is 0.692. The van der Waals surface area contributed by atoms with Crippen LogP contribution in [-0.4, -0.2) is 105 Å². The third kappa shape index (κ3) is 25.2. The molecule has 0 aliphatic heterocycles. The van der Waals surface area contributed by atoms with E-state index in [1.165, 1.54) is 65.2 Å². The van der Waals surface area contributed by atoms with Gasteiger partial charge in [0.15, 0.2) is 0 Å². The molecule has 0 radical (unpaired) electrons. The van der Waals surface area contributed by atoms with Gasteiger partial charge in [0.25, 0.3) is 0 Å². The smallest absolute Gasteiger partial charge is 0.545 e. The van der Waals surface area contributed by atoms with Crippen LogP contribution in [0.25, 0.3) is 115 Å². The molecule has 5 aromatic heterocycles. The number of anilines is 1. The number of aromatic carboxylic acids is 4. The van der Waals surface area contributed by atoms with Crippen molar-refractivity contribution >= 4 is 35.7 Å². The number of rotatable bonds is 18. The fourth-order valence-electron chi connectivity index (χ4n) is 10.5. The average Bonchev–Trinajstić information content (AvgIpc) is 1.67. The molecule has 10 aromatic carbocycles. The number of hydrogen-bond donors (Lipinski definition) is 2. The molecule has 5 heterocycles. The van der Waals surface area contributed by atoms with E-state index in [4.69, 9.17) is 41.9 Å². The van der Waals surface area contributed by atoms with Gasteiger partial charge in [-0.2, -0.15) is 39.9 Å². The van der Waals surface area contributed by atoms with Gasteiger partial charge in [0.2, 0.25) is 58.9 Å². The Kier molecular flexibility index (Phi) is 34.4. The topological polar surface area (TPSA) is 387 Å². The van der Waals surface area contributed by atoms with Crippen LogP contribution in [0.4, 0.5) is 5.69 Å². The maximum Gasteiger partial charge on any atom is 1.00 e. The molecule has 0 unspecified atom stereocenters. The molecule has 2 N–H and O–H groups in total. The Labute approximate surface area is 726 Å². The van der Waals surface area contributed by atoms with Crippen molar-refractivity contribution in [3.8, 4) is 115 Å². The summed E-state index contributed by atoms with van der Waals surface area (Å²) >= 11 is 0. The van der Waals surface area contributed by atoms with Crippen molar-refractivity contribution < 1.29 is 160 Å². The summed E-state index contributed by atoms with van der Waals surface area (Å²) in [5, 5.41) is 80.2. The number of carboxylic acids is 4. The molecule has 0 aliphatic rings. The van der Waals surface area contributed by atoms with E-state index in [1.54, 1.807) is 48.5 Å². The number of benzene rings is 10. The quantitative estimate of drug-likeness (QED) is 0.0658. The Balaban J connectivity index is 0.000000196. The molecule has 0 aliphatic carbocycles. The van der Waals surface area contributed by atoms with Crippen LogP contribution in [-0.2, 0) is 9.59 Å². The van der Waals surface area contributed by atoms with Crippen LogP contribution in [0.15, 0.2) is 271 Å². The van der Waals surface area contributed by atoms with Crippen molar-refractivity contribution in [3.63, 3.8) is 0 Å². The minimum absolute atomic E-state index is 0. The molecule has 0 amide bonds. The Morgan fingerprint density at radius 1 is 0.322 bits per heavy atom. The molecule has 15 aromatic rings. The molecule has 15 rings (SSSR count). The van der Waals surface area contributed by atoms with E-state index in [0.717, 1.165) is 39.1 Å². The van der Waals surface area contributed by atoms with E-state index in [2.05, 4.69) is 117 Å². The van der Waals surface area contributed by atoms with Crippen molar-refractivity contribution in [1.29, 1.82) is 0 Å². The van der Waals surface area contributed by atoms with Crippen LogP contribution in [0.3, 0.4) is 0 Å². The average molecular weight is 1570 g/mol. The summed E-state index contributed by atoms with van der Waals surface area (Å²) in [4.78, 5) is 62.1. The van der Waals surface area contributed by atoms with Gasteiger partial charge in [0.05, 0.1) is 23.1 Å². The molecule has 115 heavy (non-hydrogen) atoms. The predicted octanol–water partition coefficient (Wildman–Crippen LogP) is 6.81. The van der Waals surface area contributed by atoms with Crippen LogP contribution in [0.2, 0.25) is 0 Å². The fourth-order valence-corrected chi connectivity index (χ4v) is 10.5. The van der Waals surface area contributed by atoms with Gasteiger partial charge in [-0.05, 0) is 179 Å². The SMILES string of the molecule is CC(C)c1ccc(-c2nnc(-c3cccc(C(=O)[O-])c3)o2)cc1.CC(C)c1cccc(-c2nnc(-c3cc[c-]cc3)o2)c1.CC(C)c1cccc(-c2nnc(-c3cccc(C(=O)O)c3)o2)c1.CN(C)c1ccc(-c2nnc(-c3cccc(C(=O)[O-])c3)o2)cc1.O=C(O)c1cccc(-c2nnc(-c3ccccc3)o2)c1.O=C=O.[Na+].[Na+].[Na+]. The minimum Gasteiger partial charge on any atom is -0.545 e. The standard InChI is InChI=1S/2C18H16N2O3.C17H15N3O3.C17H15N2O.C15H10N2O3.CO2.3Na/c1-11(2)12-5-3-6-13(9-12)16-19-20-17(23-16)14-7-4-8-15(10-14)18(21)22;1-11(2)12-6-8-13(9-7-12)16-19-20-17(23-16)14-4-3-5-15(10-14)18(21)22;1-20(2)14-8-6-11(7-9-14)15-18-19-16(23-15)12-4-3-5-13(10-12)17(21)22;1-12(2)14-9-6-10-15(11-14)17-19-18-16(20-17)13-7-4-3-5-8-13;18-15(19)12-8-4-7-11(9-12)14-17-16-13(20-14)10-5-2-1-3-6-10;2-1-3;;;/h2*3-11H,1-2H3,(H,21,22);3-10H,1-2H3,(H,21,22);4-12H,1-2H3;1-9H,(H,18,19);;;;/q;;;-1;;;3*+1/p-2. The molecule has 0 fully saturated rings. The molecule has 562 valence electrons. The van der Waals surface area contributed by atoms with E-state index < -0.39 is 23.9 Å². The predicted molar refractivity (Wildman–Crippen MR) is 409 cm³/mol. The Bertz CT molecular complexity index is 5560. The molecule has 0 bridgehead atoms. The van der Waals surface area contributed by atoms with Crippen molar-refractivity contribution in [2.24, 2.45) is 0 Å². The van der Waals surface area contributed by atoms with Gasteiger partial charge in [-0.15, -0.1) is 51.0 Å². The van der Waals surface area contributed by atoms with E-state index in [1.807, 2.05) is 152 Å². The second-order valence-corrected chi connectivity index (χ2v) is 25.6. The number of carbonyl (C=O) groups excluding carboxylic acids is 4. The first-order chi connectivity index (χ1) is 54.0. The summed E-state index contributed by atoms with van der Waals surface area (Å²) in [6, 6.07) is 76.9. The third-order valence-corrected chi connectivity index (χ3v) is 16.6. The van der Waals surface area contributed by atoms with E-state index in [9.17, 15) is 29.4 Å². The van der Waals surface area contributed by atoms with Gasteiger partial charge >= 0.3 is 107 Å². The van der Waals surface area contributed by atoms with Crippen molar-refractivity contribution in [2.45, 2.75) is 59.3 Å². The molecule has 0 atom stereocenters. The summed E-state index contributed by atoms with van der Waals surface area (Å²) < 4.78 is 28.3. The van der Waals surface area contributed by atoms with Gasteiger partial charge in [-0.1, -0.05) is 138 Å². The first kappa shape index (κ1) is 90.2. The Morgan fingerprint density at radius 2 is 0.565 bits per heavy atom. The first-order valence-electron chi connectivity index (χ1n) is 34.6. The largest absolute Gasteiger partial charge is 1.00 e. The Hall–Kier alpha value is -12.0. The van der Waals surface area contributed by atoms with Crippen molar-refractivity contribution in [2.75, 3.05) is 19.0 Å². The molecule has 0 saturated heterocycles. The van der Waals surface area contributed by atoms with Crippen LogP contribution < -0.4 is 104 Å². The number of nitrogens with zero attached hydrogens (tertiary/aromatic N) is 11. The van der Waals surface area contributed by atoms with Gasteiger partial charge in [-0.25, -0.2) is 9.59 Å². The number of aromatic nitrogens is 10. The number of carbonyl (C=O) groups is 4. The van der Waals surface area contributed by atoms with Crippen LogP contribution in [0.1, 0.15) is 117 Å². The molecular weight excluding hydrogens is 1500 g/mol. The minimum atomic E-state index is -1.24. The second kappa shape index (κ2) is 43.8. The zero-order valence-electron chi connectivity index (χ0n) is 64.5. The van der Waals surface area contributed by atoms with Crippen molar-refractivity contribution in [1.82, 2.24) is 51.0 Å². The van der Waals surface area contributed by atoms with Crippen LogP contribution in [0, 0.1) is 6.07 Å². The monoisotopic (exact) mass is 1570 g/mol. The van der Waals surface area contributed by atoms with Gasteiger partial charge in [-0.3, -0.25) is 0 Å². The summed E-state index contributed by atoms with van der Waals surface area (Å²) in [6.45, 7) is 12.8. The molecule has 0 spiro atoms. The fraction of sp³-hybridized carbons (Fsp3) is 0.128. The molecular formula is C86H70N11Na3O15. The maximum atomic E-state index is 11.0. The normalized spacial score (nSPS) is 10.3. The number of hydrogen-bond acceptors (Lipinski definition) is 24. The zero-order valence-corrected chi connectivity index (χ0v) is 70.5. The first-order valence-corrected chi connectivity index (χ1v) is 34.6. The van der Waals surface area contributed by atoms with Crippen LogP contribution >= 0.6 is 0 Å². The molecule has 0 saturated carbocycles. The zero-order chi connectivity index (χ0) is 79.8. The van der Waals surface area contributed by atoms with Gasteiger partial charge in [0, 0.05) is 69.9 Å². The maximum absolute atomic E-state index is 11.0. The van der Waals surface area contributed by atoms with E-state index in [0.29, 0.717) is 87.1 Å². The van der Waals surface area contributed by atoms with Crippen LogP contribution in [0.5, 0.6) is 0 Å². The van der Waals surface area contributed by atoms with Gasteiger partial charge in [0.1, 0.15) is 0 Å². The molecule has 26 nitrogen and oxygen atoms in total.